The van der Waals surface area contributed by atoms with E-state index in [0.29, 0.717) is 18.9 Å². The van der Waals surface area contributed by atoms with E-state index in [9.17, 15) is 19.5 Å². The summed E-state index contributed by atoms with van der Waals surface area (Å²) in [7, 11) is 0. The van der Waals surface area contributed by atoms with Crippen molar-refractivity contribution in [2.24, 2.45) is 11.3 Å². The zero-order chi connectivity index (χ0) is 21.0. The van der Waals surface area contributed by atoms with Crippen LogP contribution < -0.4 is 5.32 Å². The predicted octanol–water partition coefficient (Wildman–Crippen LogP) is 1.82. The molecule has 0 radical (unpaired) electrons. The Morgan fingerprint density at radius 2 is 1.81 bits per heavy atom. The van der Waals surface area contributed by atoms with Gasteiger partial charge in [-0.2, -0.15) is 0 Å². The zero-order valence-corrected chi connectivity index (χ0v) is 17.5. The van der Waals surface area contributed by atoms with Gasteiger partial charge in [0.05, 0.1) is 11.5 Å². The van der Waals surface area contributed by atoms with Crippen LogP contribution in [0, 0.1) is 11.3 Å². The zero-order valence-electron chi connectivity index (χ0n) is 17.5. The number of likely N-dealkylation sites (tertiary alicyclic amines) is 1. The molecule has 0 bridgehead atoms. The van der Waals surface area contributed by atoms with Crippen LogP contribution in [0.4, 0.5) is 0 Å². The topological polar surface area (TPSA) is 107 Å². The number of Topliss-reactive ketones (excluding diaryl/α,β-unsaturated/α-hetero) is 1. The highest BCUT2D eigenvalue weighted by Crippen LogP contribution is 2.34. The third-order valence-electron chi connectivity index (χ3n) is 5.09. The first-order chi connectivity index (χ1) is 12.3. The van der Waals surface area contributed by atoms with Crippen molar-refractivity contribution in [3.05, 3.63) is 0 Å². The van der Waals surface area contributed by atoms with Crippen LogP contribution in [0.3, 0.4) is 0 Å². The van der Waals surface area contributed by atoms with Crippen LogP contribution in [0.15, 0.2) is 0 Å². The van der Waals surface area contributed by atoms with Crippen LogP contribution in [0.1, 0.15) is 67.2 Å². The third-order valence-corrected chi connectivity index (χ3v) is 5.09. The largest absolute Gasteiger partial charge is 0.481 e. The van der Waals surface area contributed by atoms with Crippen LogP contribution in [-0.2, 0) is 14.4 Å². The summed E-state index contributed by atoms with van der Waals surface area (Å²) < 4.78 is 0. The van der Waals surface area contributed by atoms with Gasteiger partial charge in [-0.15, -0.1) is 0 Å². The number of carbonyl (C=O) groups excluding carboxylic acids is 2. The monoisotopic (exact) mass is 384 g/mol. The number of amides is 1. The number of carboxylic acids is 1. The Kier molecular flexibility index (Phi) is 7.99. The highest BCUT2D eigenvalue weighted by atomic mass is 16.4. The fraction of sp³-hybridized carbons (Fsp3) is 0.850. The number of carboxylic acid groups (broad SMARTS) is 1. The van der Waals surface area contributed by atoms with Crippen molar-refractivity contribution < 1.29 is 24.6 Å². The summed E-state index contributed by atoms with van der Waals surface area (Å²) in [6.07, 6.45) is 2.26. The molecule has 2 aliphatic heterocycles. The molecule has 2 rings (SSSR count). The van der Waals surface area contributed by atoms with Gasteiger partial charge in [0.15, 0.2) is 5.78 Å². The molecule has 0 aromatic carbocycles. The molecule has 0 aliphatic carbocycles. The Hall–Kier alpha value is -1.47. The number of nitrogens with one attached hydrogen (secondary N) is 1. The highest BCUT2D eigenvalue weighted by molar-refractivity contribution is 5.98. The number of rotatable bonds is 6. The molecule has 3 atom stereocenters. The Morgan fingerprint density at radius 1 is 1.26 bits per heavy atom. The van der Waals surface area contributed by atoms with Gasteiger partial charge >= 0.3 is 5.97 Å². The minimum absolute atomic E-state index is 0.0150. The molecule has 2 fully saturated rings. The first-order valence-electron chi connectivity index (χ1n) is 9.82. The number of hydrogen-bond acceptors (Lipinski definition) is 5. The fourth-order valence-electron chi connectivity index (χ4n) is 3.24. The average molecular weight is 385 g/mol. The second-order valence-electron chi connectivity index (χ2n) is 9.18. The van der Waals surface area contributed by atoms with Crippen molar-refractivity contribution in [3.8, 4) is 0 Å². The van der Waals surface area contributed by atoms with Gasteiger partial charge in [0.2, 0.25) is 5.91 Å². The Bertz CT molecular complexity index is 545. The molecule has 0 saturated carbocycles. The van der Waals surface area contributed by atoms with Crippen molar-refractivity contribution in [2.45, 2.75) is 84.9 Å². The highest BCUT2D eigenvalue weighted by Gasteiger charge is 2.56. The number of β-lactam (4-membered cyclic amide) rings is 1. The van der Waals surface area contributed by atoms with Crippen LogP contribution in [-0.4, -0.2) is 63.5 Å². The van der Waals surface area contributed by atoms with Crippen molar-refractivity contribution in [3.63, 3.8) is 0 Å². The summed E-state index contributed by atoms with van der Waals surface area (Å²) in [6, 6.07) is -0.672. The molecule has 156 valence electrons. The first kappa shape index (κ1) is 23.6. The second kappa shape index (κ2) is 9.15. The van der Waals surface area contributed by atoms with Gasteiger partial charge in [-0.05, 0) is 59.4 Å². The van der Waals surface area contributed by atoms with Gasteiger partial charge in [-0.25, -0.2) is 0 Å². The number of ketones is 1. The van der Waals surface area contributed by atoms with E-state index in [2.05, 4.69) is 19.2 Å². The van der Waals surface area contributed by atoms with Crippen molar-refractivity contribution in [1.82, 2.24) is 10.2 Å². The SMILES string of the molecule is CC(C)(C)C(=O)O.CC(C)CCC(=O)[C@H]([C@@H](C)O)N1CC2(CCCN2)C1=O. The van der Waals surface area contributed by atoms with Gasteiger partial charge in [0, 0.05) is 13.0 Å². The predicted molar refractivity (Wildman–Crippen MR) is 103 cm³/mol. The van der Waals surface area contributed by atoms with Crippen molar-refractivity contribution >= 4 is 17.7 Å². The summed E-state index contributed by atoms with van der Waals surface area (Å²) in [5, 5.41) is 21.4. The van der Waals surface area contributed by atoms with Gasteiger partial charge in [-0.3, -0.25) is 14.4 Å². The second-order valence-corrected chi connectivity index (χ2v) is 9.18. The van der Waals surface area contributed by atoms with E-state index in [4.69, 9.17) is 5.11 Å². The van der Waals surface area contributed by atoms with Crippen LogP contribution in [0.25, 0.3) is 0 Å². The quantitative estimate of drug-likeness (QED) is 0.603. The van der Waals surface area contributed by atoms with Crippen LogP contribution in [0.2, 0.25) is 0 Å². The number of aliphatic hydroxyl groups excluding tert-OH is 1. The lowest BCUT2D eigenvalue weighted by Gasteiger charge is -2.50. The summed E-state index contributed by atoms with van der Waals surface area (Å²) >= 11 is 0. The van der Waals surface area contributed by atoms with E-state index >= 15 is 0 Å². The van der Waals surface area contributed by atoms with Gasteiger partial charge in [0.1, 0.15) is 11.6 Å². The summed E-state index contributed by atoms with van der Waals surface area (Å²) in [5.74, 6) is -0.343. The van der Waals surface area contributed by atoms with Gasteiger partial charge < -0.3 is 20.4 Å². The molecule has 1 spiro atoms. The van der Waals surface area contributed by atoms with E-state index in [1.54, 1.807) is 32.6 Å². The molecule has 2 saturated heterocycles. The van der Waals surface area contributed by atoms with Crippen LogP contribution in [0.5, 0.6) is 0 Å². The summed E-state index contributed by atoms with van der Waals surface area (Å²) in [5.41, 5.74) is -1.02. The third kappa shape index (κ3) is 6.01. The minimum Gasteiger partial charge on any atom is -0.481 e. The fourth-order valence-corrected chi connectivity index (χ4v) is 3.24. The molecule has 7 heteroatoms. The summed E-state index contributed by atoms with van der Waals surface area (Å²) in [4.78, 5) is 36.3. The smallest absolute Gasteiger partial charge is 0.308 e. The van der Waals surface area contributed by atoms with Crippen molar-refractivity contribution in [2.75, 3.05) is 13.1 Å². The minimum atomic E-state index is -0.808. The Balaban J connectivity index is 0.000000445. The maximum absolute atomic E-state index is 12.4. The molecule has 27 heavy (non-hydrogen) atoms. The van der Waals surface area contributed by atoms with E-state index in [-0.39, 0.29) is 11.7 Å². The van der Waals surface area contributed by atoms with Crippen LogP contribution >= 0.6 is 0 Å². The number of nitrogens with zero attached hydrogens (tertiary/aromatic N) is 1. The number of aliphatic carboxylic acids is 1. The lowest BCUT2D eigenvalue weighted by Crippen LogP contribution is -2.75. The van der Waals surface area contributed by atoms with E-state index in [1.807, 2.05) is 0 Å². The molecule has 1 unspecified atom stereocenters. The normalized spacial score (nSPS) is 24.3. The molecule has 2 heterocycles. The molecule has 0 aromatic heterocycles. The van der Waals surface area contributed by atoms with E-state index in [1.165, 1.54) is 0 Å². The Morgan fingerprint density at radius 3 is 2.15 bits per heavy atom. The first-order valence-corrected chi connectivity index (χ1v) is 9.82. The number of hydrogen-bond donors (Lipinski definition) is 3. The maximum atomic E-state index is 12.4. The van der Waals surface area contributed by atoms with E-state index in [0.717, 1.165) is 25.8 Å². The molecule has 7 nitrogen and oxygen atoms in total. The molecular weight excluding hydrogens is 348 g/mol. The summed E-state index contributed by atoms with van der Waals surface area (Å²) in [6.45, 7) is 12.1. The molecule has 2 aliphatic rings. The van der Waals surface area contributed by atoms with E-state index < -0.39 is 29.1 Å². The molecule has 3 N–H and O–H groups in total. The standard InChI is InChI=1S/C15H26N2O3.C5H10O2/c1-10(2)5-6-12(19)13(11(3)18)17-9-15(14(17)20)7-4-8-16-15;1-5(2,3)4(6)7/h10-11,13,16,18H,4-9H2,1-3H3;1-3H3,(H,6,7)/t11-,13+,15?;/m1./s1. The van der Waals surface area contributed by atoms with Gasteiger partial charge in [0.25, 0.3) is 0 Å². The lowest BCUT2D eigenvalue weighted by atomic mass is 9.83. The maximum Gasteiger partial charge on any atom is 0.308 e. The lowest BCUT2D eigenvalue weighted by molar-refractivity contribution is -0.163. The van der Waals surface area contributed by atoms with Gasteiger partial charge in [-0.1, -0.05) is 13.8 Å². The van der Waals surface area contributed by atoms with Crippen molar-refractivity contribution in [1.29, 1.82) is 0 Å². The Labute approximate surface area is 162 Å². The molecular formula is C20H36N2O5. The average Bonchev–Trinajstić information content (AvgIpc) is 3.03. The molecule has 1 amide bonds. The number of carbonyl (C=O) groups is 3. The molecule has 0 aromatic rings. The number of aliphatic hydroxyl groups is 1.